The van der Waals surface area contributed by atoms with E-state index in [9.17, 15) is 4.79 Å². The van der Waals surface area contributed by atoms with Crippen LogP contribution < -0.4 is 5.32 Å². The van der Waals surface area contributed by atoms with Crippen LogP contribution in [0.2, 0.25) is 0 Å². The Bertz CT molecular complexity index is 569. The standard InChI is InChI=1S/C13H14BrN3O2/c14-11-3-1-4-12(7-11)17-9-10(8-16-17)13(19)15-5-2-6-18/h1,3-4,7-9,18H,2,5-6H2,(H,15,19). The Morgan fingerprint density at radius 3 is 3.05 bits per heavy atom. The van der Waals surface area contributed by atoms with E-state index in [1.54, 1.807) is 10.9 Å². The van der Waals surface area contributed by atoms with Crippen LogP contribution in [0.5, 0.6) is 0 Å². The van der Waals surface area contributed by atoms with Crippen molar-refractivity contribution in [3.05, 3.63) is 46.7 Å². The monoisotopic (exact) mass is 323 g/mol. The smallest absolute Gasteiger partial charge is 0.254 e. The van der Waals surface area contributed by atoms with Crippen LogP contribution in [-0.2, 0) is 0 Å². The van der Waals surface area contributed by atoms with Crippen LogP contribution >= 0.6 is 15.9 Å². The van der Waals surface area contributed by atoms with Crippen molar-refractivity contribution in [2.75, 3.05) is 13.2 Å². The van der Waals surface area contributed by atoms with E-state index in [1.807, 2.05) is 24.3 Å². The maximum absolute atomic E-state index is 11.8. The Hall–Kier alpha value is -1.66. The molecular weight excluding hydrogens is 310 g/mol. The molecule has 0 saturated heterocycles. The van der Waals surface area contributed by atoms with Gasteiger partial charge in [-0.1, -0.05) is 22.0 Å². The second kappa shape index (κ2) is 6.49. The third kappa shape index (κ3) is 3.65. The van der Waals surface area contributed by atoms with Gasteiger partial charge in [0.15, 0.2) is 0 Å². The first kappa shape index (κ1) is 13.8. The Kier molecular flexibility index (Phi) is 4.70. The molecule has 0 saturated carbocycles. The van der Waals surface area contributed by atoms with E-state index in [-0.39, 0.29) is 12.5 Å². The van der Waals surface area contributed by atoms with Crippen molar-refractivity contribution in [2.24, 2.45) is 0 Å². The molecule has 0 unspecified atom stereocenters. The molecule has 0 bridgehead atoms. The fraction of sp³-hybridized carbons (Fsp3) is 0.231. The van der Waals surface area contributed by atoms with Gasteiger partial charge in [-0.05, 0) is 24.6 Å². The predicted octanol–water partition coefficient (Wildman–Crippen LogP) is 1.75. The number of halogens is 1. The Labute approximate surface area is 119 Å². The summed E-state index contributed by atoms with van der Waals surface area (Å²) in [4.78, 5) is 11.8. The molecule has 100 valence electrons. The number of aliphatic hydroxyl groups excluding tert-OH is 1. The highest BCUT2D eigenvalue weighted by atomic mass is 79.9. The number of carbonyl (C=O) groups excluding carboxylic acids is 1. The van der Waals surface area contributed by atoms with E-state index >= 15 is 0 Å². The summed E-state index contributed by atoms with van der Waals surface area (Å²) in [5, 5.41) is 15.5. The van der Waals surface area contributed by atoms with Crippen molar-refractivity contribution in [1.29, 1.82) is 0 Å². The summed E-state index contributed by atoms with van der Waals surface area (Å²) >= 11 is 3.39. The van der Waals surface area contributed by atoms with Crippen molar-refractivity contribution in [3.63, 3.8) is 0 Å². The number of aliphatic hydroxyl groups is 1. The zero-order valence-corrected chi connectivity index (χ0v) is 11.8. The van der Waals surface area contributed by atoms with Crippen LogP contribution in [0.15, 0.2) is 41.1 Å². The van der Waals surface area contributed by atoms with Crippen LogP contribution in [0.3, 0.4) is 0 Å². The lowest BCUT2D eigenvalue weighted by Crippen LogP contribution is -2.24. The third-order valence-electron chi connectivity index (χ3n) is 2.54. The normalized spacial score (nSPS) is 10.4. The number of aromatic nitrogens is 2. The van der Waals surface area contributed by atoms with E-state index in [0.29, 0.717) is 18.5 Å². The third-order valence-corrected chi connectivity index (χ3v) is 3.03. The highest BCUT2D eigenvalue weighted by Gasteiger charge is 2.08. The van der Waals surface area contributed by atoms with E-state index in [2.05, 4.69) is 26.3 Å². The number of amides is 1. The van der Waals surface area contributed by atoms with Gasteiger partial charge in [-0.15, -0.1) is 0 Å². The molecule has 2 aromatic rings. The van der Waals surface area contributed by atoms with Crippen LogP contribution in [0.4, 0.5) is 0 Å². The largest absolute Gasteiger partial charge is 0.396 e. The second-order valence-corrected chi connectivity index (χ2v) is 4.90. The number of hydrogen-bond acceptors (Lipinski definition) is 3. The summed E-state index contributed by atoms with van der Waals surface area (Å²) in [6, 6.07) is 7.66. The number of rotatable bonds is 5. The maximum atomic E-state index is 11.8. The fourth-order valence-corrected chi connectivity index (χ4v) is 1.97. The molecule has 0 radical (unpaired) electrons. The van der Waals surface area contributed by atoms with E-state index < -0.39 is 0 Å². The molecule has 0 aliphatic heterocycles. The first-order valence-corrected chi connectivity index (χ1v) is 6.69. The minimum absolute atomic E-state index is 0.0670. The van der Waals surface area contributed by atoms with Gasteiger partial charge in [0.1, 0.15) is 0 Å². The summed E-state index contributed by atoms with van der Waals surface area (Å²) in [5.41, 5.74) is 1.38. The molecule has 2 N–H and O–H groups in total. The molecule has 1 aromatic heterocycles. The average molecular weight is 324 g/mol. The van der Waals surface area contributed by atoms with Crippen LogP contribution in [0.25, 0.3) is 5.69 Å². The summed E-state index contributed by atoms with van der Waals surface area (Å²) in [7, 11) is 0. The molecule has 5 nitrogen and oxygen atoms in total. The SMILES string of the molecule is O=C(NCCCO)c1cnn(-c2cccc(Br)c2)c1. The van der Waals surface area contributed by atoms with Crippen molar-refractivity contribution < 1.29 is 9.90 Å². The molecule has 1 heterocycles. The van der Waals surface area contributed by atoms with Gasteiger partial charge in [0, 0.05) is 23.8 Å². The number of carbonyl (C=O) groups is 1. The summed E-state index contributed by atoms with van der Waals surface area (Å²) in [6.45, 7) is 0.523. The molecule has 19 heavy (non-hydrogen) atoms. The first-order valence-electron chi connectivity index (χ1n) is 5.90. The summed E-state index contributed by atoms with van der Waals surface area (Å²) < 4.78 is 2.60. The van der Waals surface area contributed by atoms with Crippen molar-refractivity contribution in [1.82, 2.24) is 15.1 Å². The lowest BCUT2D eigenvalue weighted by atomic mass is 10.3. The molecule has 0 aliphatic rings. The highest BCUT2D eigenvalue weighted by molar-refractivity contribution is 9.10. The highest BCUT2D eigenvalue weighted by Crippen LogP contribution is 2.15. The van der Waals surface area contributed by atoms with Crippen molar-refractivity contribution in [3.8, 4) is 5.69 Å². The lowest BCUT2D eigenvalue weighted by Gasteiger charge is -2.02. The van der Waals surface area contributed by atoms with E-state index in [1.165, 1.54) is 6.20 Å². The van der Waals surface area contributed by atoms with Gasteiger partial charge < -0.3 is 10.4 Å². The molecular formula is C13H14BrN3O2. The number of nitrogens with one attached hydrogen (secondary N) is 1. The first-order chi connectivity index (χ1) is 9.20. The molecule has 0 fully saturated rings. The van der Waals surface area contributed by atoms with Gasteiger partial charge in [0.05, 0.1) is 17.4 Å². The van der Waals surface area contributed by atoms with Gasteiger partial charge in [-0.3, -0.25) is 4.79 Å². The molecule has 0 aliphatic carbocycles. The topological polar surface area (TPSA) is 67.2 Å². The Morgan fingerprint density at radius 2 is 2.32 bits per heavy atom. The van der Waals surface area contributed by atoms with Gasteiger partial charge in [0.2, 0.25) is 0 Å². The van der Waals surface area contributed by atoms with Crippen LogP contribution in [0.1, 0.15) is 16.8 Å². The zero-order chi connectivity index (χ0) is 13.7. The Morgan fingerprint density at radius 1 is 1.47 bits per heavy atom. The van der Waals surface area contributed by atoms with E-state index in [4.69, 9.17) is 5.11 Å². The molecule has 2 rings (SSSR count). The molecule has 0 spiro atoms. The predicted molar refractivity (Wildman–Crippen MR) is 75.3 cm³/mol. The fourth-order valence-electron chi connectivity index (χ4n) is 1.58. The zero-order valence-electron chi connectivity index (χ0n) is 10.2. The lowest BCUT2D eigenvalue weighted by molar-refractivity contribution is 0.0951. The summed E-state index contributed by atoms with van der Waals surface area (Å²) in [6.07, 6.45) is 3.75. The van der Waals surface area contributed by atoms with Gasteiger partial charge in [0.25, 0.3) is 5.91 Å². The second-order valence-electron chi connectivity index (χ2n) is 3.99. The number of benzene rings is 1. The van der Waals surface area contributed by atoms with Crippen LogP contribution in [0, 0.1) is 0 Å². The number of hydrogen-bond donors (Lipinski definition) is 2. The minimum atomic E-state index is -0.185. The number of nitrogens with zero attached hydrogens (tertiary/aromatic N) is 2. The van der Waals surface area contributed by atoms with Gasteiger partial charge in [-0.25, -0.2) is 4.68 Å². The molecule has 0 atom stereocenters. The molecule has 6 heteroatoms. The van der Waals surface area contributed by atoms with Crippen molar-refractivity contribution in [2.45, 2.75) is 6.42 Å². The van der Waals surface area contributed by atoms with Gasteiger partial charge in [-0.2, -0.15) is 5.10 Å². The van der Waals surface area contributed by atoms with Crippen LogP contribution in [-0.4, -0.2) is 33.9 Å². The van der Waals surface area contributed by atoms with Crippen molar-refractivity contribution >= 4 is 21.8 Å². The molecule has 1 amide bonds. The average Bonchev–Trinajstić information content (AvgIpc) is 2.88. The van der Waals surface area contributed by atoms with Gasteiger partial charge >= 0.3 is 0 Å². The van der Waals surface area contributed by atoms with E-state index in [0.717, 1.165) is 10.2 Å². The summed E-state index contributed by atoms with van der Waals surface area (Å²) in [5.74, 6) is -0.185. The molecule has 1 aromatic carbocycles. The maximum Gasteiger partial charge on any atom is 0.254 e. The quantitative estimate of drug-likeness (QED) is 0.824. The minimum Gasteiger partial charge on any atom is -0.396 e. The Balaban J connectivity index is 2.08.